The molecule has 5 heteroatoms. The first-order valence-corrected chi connectivity index (χ1v) is 6.12. The van der Waals surface area contributed by atoms with Crippen molar-refractivity contribution in [1.29, 1.82) is 5.26 Å². The van der Waals surface area contributed by atoms with E-state index in [1.807, 2.05) is 6.07 Å². The Morgan fingerprint density at radius 2 is 2.21 bits per heavy atom. The van der Waals surface area contributed by atoms with Gasteiger partial charge in [0.1, 0.15) is 0 Å². The van der Waals surface area contributed by atoms with Gasteiger partial charge in [0.2, 0.25) is 0 Å². The van der Waals surface area contributed by atoms with E-state index in [0.717, 1.165) is 0 Å². The fourth-order valence-corrected chi connectivity index (χ4v) is 1.78. The van der Waals surface area contributed by atoms with Crippen LogP contribution in [0.2, 0.25) is 5.02 Å². The Labute approximate surface area is 117 Å². The predicted molar refractivity (Wildman–Crippen MR) is 74.5 cm³/mol. The number of nitriles is 1. The highest BCUT2D eigenvalue weighted by Gasteiger charge is 2.17. The van der Waals surface area contributed by atoms with Gasteiger partial charge < -0.3 is 9.64 Å². The van der Waals surface area contributed by atoms with Crippen molar-refractivity contribution in [3.63, 3.8) is 0 Å². The van der Waals surface area contributed by atoms with Gasteiger partial charge in [0.25, 0.3) is 0 Å². The Bertz CT molecular complexity index is 545. The largest absolute Gasteiger partial charge is 0.462 e. The molecular weight excluding hydrogens is 264 g/mol. The Morgan fingerprint density at radius 1 is 1.53 bits per heavy atom. The molecule has 0 unspecified atom stereocenters. The number of rotatable bonds is 4. The number of nitrogens with zero attached hydrogens (tertiary/aromatic N) is 2. The van der Waals surface area contributed by atoms with Gasteiger partial charge in [0.15, 0.2) is 0 Å². The third-order valence-corrected chi connectivity index (χ3v) is 2.58. The van der Waals surface area contributed by atoms with E-state index >= 15 is 0 Å². The van der Waals surface area contributed by atoms with Crippen molar-refractivity contribution in [2.45, 2.75) is 6.92 Å². The maximum atomic E-state index is 11.9. The van der Waals surface area contributed by atoms with Crippen LogP contribution in [0, 0.1) is 11.3 Å². The van der Waals surface area contributed by atoms with E-state index in [-0.39, 0.29) is 6.61 Å². The van der Waals surface area contributed by atoms with Gasteiger partial charge in [-0.15, -0.1) is 0 Å². The summed E-state index contributed by atoms with van der Waals surface area (Å²) < 4.78 is 5.01. The third-order valence-electron chi connectivity index (χ3n) is 2.27. The summed E-state index contributed by atoms with van der Waals surface area (Å²) in [6.45, 7) is 2.03. The number of carbonyl (C=O) groups excluding carboxylic acids is 1. The van der Waals surface area contributed by atoms with Crippen molar-refractivity contribution in [1.82, 2.24) is 4.90 Å². The molecule has 0 aliphatic rings. The van der Waals surface area contributed by atoms with Crippen LogP contribution in [0.25, 0.3) is 5.57 Å². The van der Waals surface area contributed by atoms with Crippen molar-refractivity contribution in [3.05, 3.63) is 40.5 Å². The Hall–Kier alpha value is -1.99. The average molecular weight is 279 g/mol. The van der Waals surface area contributed by atoms with Gasteiger partial charge in [-0.2, -0.15) is 5.26 Å². The van der Waals surface area contributed by atoms with E-state index in [1.165, 1.54) is 6.07 Å². The number of ether oxygens (including phenoxy) is 1. The summed E-state index contributed by atoms with van der Waals surface area (Å²) in [5, 5.41) is 9.15. The number of esters is 1. The minimum Gasteiger partial charge on any atom is -0.462 e. The monoisotopic (exact) mass is 278 g/mol. The highest BCUT2D eigenvalue weighted by Crippen LogP contribution is 2.26. The zero-order chi connectivity index (χ0) is 14.4. The number of hydrogen-bond acceptors (Lipinski definition) is 4. The molecule has 0 saturated carbocycles. The van der Waals surface area contributed by atoms with Gasteiger partial charge in [-0.1, -0.05) is 17.7 Å². The van der Waals surface area contributed by atoms with Crippen molar-refractivity contribution in [3.8, 4) is 6.07 Å². The van der Waals surface area contributed by atoms with Crippen LogP contribution in [0.4, 0.5) is 0 Å². The summed E-state index contributed by atoms with van der Waals surface area (Å²) in [7, 11) is 3.60. The lowest BCUT2D eigenvalue weighted by Crippen LogP contribution is -2.12. The van der Waals surface area contributed by atoms with E-state index in [9.17, 15) is 4.79 Å². The molecule has 0 radical (unpaired) electrons. The van der Waals surface area contributed by atoms with E-state index < -0.39 is 5.97 Å². The molecule has 4 nitrogen and oxygen atoms in total. The van der Waals surface area contributed by atoms with Crippen LogP contribution >= 0.6 is 11.6 Å². The molecule has 0 aliphatic heterocycles. The maximum Gasteiger partial charge on any atom is 0.340 e. The van der Waals surface area contributed by atoms with Gasteiger partial charge in [0, 0.05) is 25.9 Å². The Kier molecular flexibility index (Phi) is 5.40. The molecule has 0 fully saturated rings. The molecule has 1 aromatic rings. The molecule has 19 heavy (non-hydrogen) atoms. The molecule has 0 heterocycles. The third kappa shape index (κ3) is 4.01. The van der Waals surface area contributed by atoms with E-state index in [4.69, 9.17) is 21.6 Å². The summed E-state index contributed by atoms with van der Waals surface area (Å²) in [5.74, 6) is -0.442. The molecule has 1 aromatic carbocycles. The zero-order valence-electron chi connectivity index (χ0n) is 11.1. The van der Waals surface area contributed by atoms with Gasteiger partial charge in [0.05, 0.1) is 28.8 Å². The van der Waals surface area contributed by atoms with Crippen LogP contribution < -0.4 is 0 Å². The number of halogens is 1. The second-order valence-corrected chi connectivity index (χ2v) is 4.44. The summed E-state index contributed by atoms with van der Waals surface area (Å²) >= 11 is 6.11. The quantitative estimate of drug-likeness (QED) is 0.628. The number of hydrogen-bond donors (Lipinski definition) is 0. The fourth-order valence-electron chi connectivity index (χ4n) is 1.50. The smallest absolute Gasteiger partial charge is 0.340 e. The first-order valence-electron chi connectivity index (χ1n) is 5.75. The number of carbonyl (C=O) groups is 1. The Balaban J connectivity index is 3.27. The van der Waals surface area contributed by atoms with Crippen LogP contribution in [-0.2, 0) is 9.53 Å². The lowest BCUT2D eigenvalue weighted by atomic mass is 10.0. The van der Waals surface area contributed by atoms with Crippen LogP contribution in [0.3, 0.4) is 0 Å². The molecule has 0 aromatic heterocycles. The maximum absolute atomic E-state index is 11.9. The average Bonchev–Trinajstić information content (AvgIpc) is 2.36. The summed E-state index contributed by atoms with van der Waals surface area (Å²) in [4.78, 5) is 13.7. The SMILES string of the molecule is CCOC(=O)C(=CN(C)C)c1ccc(C#N)cc1Cl. The summed E-state index contributed by atoms with van der Waals surface area (Å²) in [6.07, 6.45) is 1.64. The van der Waals surface area contributed by atoms with Gasteiger partial charge in [-0.3, -0.25) is 0 Å². The molecule has 1 rings (SSSR count). The normalized spacial score (nSPS) is 10.8. The predicted octanol–water partition coefficient (Wildman–Crippen LogP) is 2.68. The van der Waals surface area contributed by atoms with Crippen LogP contribution in [-0.4, -0.2) is 31.6 Å². The zero-order valence-corrected chi connectivity index (χ0v) is 11.9. The second kappa shape index (κ2) is 6.81. The lowest BCUT2D eigenvalue weighted by Gasteiger charge is -2.12. The van der Waals surface area contributed by atoms with E-state index in [1.54, 1.807) is 44.3 Å². The van der Waals surface area contributed by atoms with Gasteiger partial charge in [-0.25, -0.2) is 4.79 Å². The first kappa shape index (κ1) is 15.1. The standard InChI is InChI=1S/C14H15ClN2O2/c1-4-19-14(18)12(9-17(2)3)11-6-5-10(8-16)7-13(11)15/h5-7,9H,4H2,1-3H3. The Morgan fingerprint density at radius 3 is 2.68 bits per heavy atom. The number of benzene rings is 1. The lowest BCUT2D eigenvalue weighted by molar-refractivity contribution is -0.136. The summed E-state index contributed by atoms with van der Waals surface area (Å²) in [6, 6.07) is 6.79. The first-order chi connectivity index (χ1) is 8.99. The second-order valence-electron chi connectivity index (χ2n) is 4.03. The molecule has 0 aliphatic carbocycles. The molecule has 100 valence electrons. The highest BCUT2D eigenvalue weighted by molar-refractivity contribution is 6.34. The topological polar surface area (TPSA) is 53.3 Å². The van der Waals surface area contributed by atoms with E-state index in [0.29, 0.717) is 21.7 Å². The van der Waals surface area contributed by atoms with Gasteiger partial charge >= 0.3 is 5.97 Å². The minimum atomic E-state index is -0.442. The van der Waals surface area contributed by atoms with E-state index in [2.05, 4.69) is 0 Å². The summed E-state index contributed by atoms with van der Waals surface area (Å²) in [5.41, 5.74) is 1.36. The van der Waals surface area contributed by atoms with Crippen LogP contribution in [0.5, 0.6) is 0 Å². The minimum absolute atomic E-state index is 0.289. The van der Waals surface area contributed by atoms with Crippen LogP contribution in [0.15, 0.2) is 24.4 Å². The fraction of sp³-hybridized carbons (Fsp3) is 0.286. The van der Waals surface area contributed by atoms with Gasteiger partial charge in [-0.05, 0) is 19.1 Å². The van der Waals surface area contributed by atoms with Crippen molar-refractivity contribution in [2.24, 2.45) is 0 Å². The molecular formula is C14H15ClN2O2. The molecule has 0 saturated heterocycles. The van der Waals surface area contributed by atoms with Crippen molar-refractivity contribution < 1.29 is 9.53 Å². The van der Waals surface area contributed by atoms with Crippen LogP contribution in [0.1, 0.15) is 18.1 Å². The van der Waals surface area contributed by atoms with Crippen molar-refractivity contribution in [2.75, 3.05) is 20.7 Å². The highest BCUT2D eigenvalue weighted by atomic mass is 35.5. The molecule has 0 spiro atoms. The molecule has 0 N–H and O–H groups in total. The molecule has 0 bridgehead atoms. The molecule has 0 amide bonds. The van der Waals surface area contributed by atoms with Crippen molar-refractivity contribution >= 4 is 23.1 Å². The molecule has 0 atom stereocenters.